The van der Waals surface area contributed by atoms with Crippen LogP contribution in [0.5, 0.6) is 0 Å². The number of nitrogens with two attached hydrogens (primary N) is 1. The fraction of sp³-hybridized carbons (Fsp3) is 0.385. The fourth-order valence-corrected chi connectivity index (χ4v) is 2.36. The largest absolute Gasteiger partial charge is 0.353 e. The van der Waals surface area contributed by atoms with E-state index in [1.54, 1.807) is 6.92 Å². The van der Waals surface area contributed by atoms with Crippen molar-refractivity contribution in [2.45, 2.75) is 19.0 Å². The van der Waals surface area contributed by atoms with Crippen LogP contribution < -0.4 is 16.6 Å². The number of hydrogen-bond acceptors (Lipinski definition) is 4. The lowest BCUT2D eigenvalue weighted by Gasteiger charge is -2.37. The summed E-state index contributed by atoms with van der Waals surface area (Å²) in [6.45, 7) is 2.93. The normalized spacial score (nSPS) is 21.6. The molecule has 2 unspecified atom stereocenters. The van der Waals surface area contributed by atoms with Crippen LogP contribution in [-0.4, -0.2) is 35.8 Å². The first-order chi connectivity index (χ1) is 9.15. The zero-order valence-corrected chi connectivity index (χ0v) is 10.8. The van der Waals surface area contributed by atoms with Crippen LogP contribution in [0.4, 0.5) is 0 Å². The molecule has 1 aliphatic rings. The predicted molar refractivity (Wildman–Crippen MR) is 70.7 cm³/mol. The molecule has 1 fully saturated rings. The summed E-state index contributed by atoms with van der Waals surface area (Å²) in [7, 11) is 0. The van der Waals surface area contributed by atoms with Gasteiger partial charge in [-0.15, -0.1) is 0 Å². The Morgan fingerprint density at radius 3 is 2.79 bits per heavy atom. The van der Waals surface area contributed by atoms with Gasteiger partial charge >= 0.3 is 0 Å². The van der Waals surface area contributed by atoms with Gasteiger partial charge in [0.2, 0.25) is 5.91 Å². The maximum atomic E-state index is 12.1. The number of nitrogens with zero attached hydrogens (tertiary/aromatic N) is 1. The molecular formula is C13H18N4O2. The molecule has 0 bridgehead atoms. The molecule has 0 aromatic heterocycles. The molecule has 1 heterocycles. The summed E-state index contributed by atoms with van der Waals surface area (Å²) in [5, 5.41) is 2.78. The van der Waals surface area contributed by atoms with E-state index in [9.17, 15) is 9.59 Å². The minimum absolute atomic E-state index is 0.0722. The minimum Gasteiger partial charge on any atom is -0.353 e. The van der Waals surface area contributed by atoms with Gasteiger partial charge in [-0.3, -0.25) is 19.9 Å². The molecule has 19 heavy (non-hydrogen) atoms. The highest BCUT2D eigenvalue weighted by molar-refractivity contribution is 5.86. The van der Waals surface area contributed by atoms with Crippen molar-refractivity contribution >= 4 is 11.8 Å². The molecule has 2 amide bonds. The second kappa shape index (κ2) is 5.81. The van der Waals surface area contributed by atoms with Gasteiger partial charge in [0.25, 0.3) is 5.91 Å². The van der Waals surface area contributed by atoms with Gasteiger partial charge in [-0.1, -0.05) is 30.3 Å². The number of carbonyl (C=O) groups excluding carboxylic acids is 2. The molecule has 6 heteroatoms. The maximum Gasteiger partial charge on any atom is 0.255 e. The van der Waals surface area contributed by atoms with E-state index < -0.39 is 6.04 Å². The van der Waals surface area contributed by atoms with E-state index in [1.165, 1.54) is 0 Å². The molecule has 1 saturated heterocycles. The average molecular weight is 262 g/mol. The van der Waals surface area contributed by atoms with Crippen LogP contribution >= 0.6 is 0 Å². The molecule has 2 rings (SSSR count). The average Bonchev–Trinajstić information content (AvgIpc) is 2.44. The summed E-state index contributed by atoms with van der Waals surface area (Å²) in [6.07, 6.45) is 0. The first-order valence-electron chi connectivity index (χ1n) is 6.24. The zero-order valence-electron chi connectivity index (χ0n) is 10.8. The summed E-state index contributed by atoms with van der Waals surface area (Å²) in [4.78, 5) is 25.6. The van der Waals surface area contributed by atoms with Crippen molar-refractivity contribution < 1.29 is 9.59 Å². The standard InChI is InChI=1S/C13H18N4O2/c1-9-12(18)15-7-8-17(9)11(13(19)16-14)10-5-3-2-4-6-10/h2-6,9,11H,7-8,14H2,1H3,(H,15,18)(H,16,19). The minimum atomic E-state index is -0.549. The molecule has 4 N–H and O–H groups in total. The highest BCUT2D eigenvalue weighted by atomic mass is 16.2. The van der Waals surface area contributed by atoms with Crippen molar-refractivity contribution in [1.29, 1.82) is 0 Å². The van der Waals surface area contributed by atoms with E-state index in [4.69, 9.17) is 5.84 Å². The maximum absolute atomic E-state index is 12.1. The highest BCUT2D eigenvalue weighted by Gasteiger charge is 2.35. The Morgan fingerprint density at radius 1 is 1.47 bits per heavy atom. The second-order valence-corrected chi connectivity index (χ2v) is 4.53. The zero-order chi connectivity index (χ0) is 13.8. The summed E-state index contributed by atoms with van der Waals surface area (Å²) in [6, 6.07) is 8.41. The number of nitrogens with one attached hydrogen (secondary N) is 2. The summed E-state index contributed by atoms with van der Waals surface area (Å²) in [5.41, 5.74) is 3.01. The predicted octanol–water partition coefficient (Wildman–Crippen LogP) is -0.462. The van der Waals surface area contributed by atoms with E-state index in [0.29, 0.717) is 13.1 Å². The molecule has 2 atom stereocenters. The monoisotopic (exact) mass is 262 g/mol. The quantitative estimate of drug-likeness (QED) is 0.391. The van der Waals surface area contributed by atoms with Crippen molar-refractivity contribution in [2.24, 2.45) is 5.84 Å². The number of carbonyl (C=O) groups is 2. The third-order valence-electron chi connectivity index (χ3n) is 3.38. The Hall–Kier alpha value is -1.92. The Kier molecular flexibility index (Phi) is 4.13. The van der Waals surface area contributed by atoms with Crippen LogP contribution in [0.1, 0.15) is 18.5 Å². The molecule has 102 valence electrons. The number of amides is 2. The third-order valence-corrected chi connectivity index (χ3v) is 3.38. The van der Waals surface area contributed by atoms with Gasteiger partial charge in [0, 0.05) is 13.1 Å². The van der Waals surface area contributed by atoms with E-state index in [2.05, 4.69) is 10.7 Å². The molecule has 0 radical (unpaired) electrons. The molecule has 0 spiro atoms. The van der Waals surface area contributed by atoms with Gasteiger partial charge < -0.3 is 5.32 Å². The Labute approximate surface area is 111 Å². The van der Waals surface area contributed by atoms with Crippen LogP contribution in [-0.2, 0) is 9.59 Å². The summed E-state index contributed by atoms with van der Waals surface area (Å²) >= 11 is 0. The van der Waals surface area contributed by atoms with E-state index >= 15 is 0 Å². The number of piperazine rings is 1. The Morgan fingerprint density at radius 2 is 2.16 bits per heavy atom. The summed E-state index contributed by atoms with van der Waals surface area (Å²) in [5.74, 6) is 4.89. The number of benzene rings is 1. The molecule has 0 aliphatic carbocycles. The molecular weight excluding hydrogens is 244 g/mol. The number of rotatable bonds is 3. The fourth-order valence-electron chi connectivity index (χ4n) is 2.36. The molecule has 1 aliphatic heterocycles. The third kappa shape index (κ3) is 2.74. The SMILES string of the molecule is CC1C(=O)NCCN1C(C(=O)NN)c1ccccc1. The van der Waals surface area contributed by atoms with Gasteiger partial charge in [-0.05, 0) is 12.5 Å². The van der Waals surface area contributed by atoms with Gasteiger partial charge in [0.05, 0.1) is 6.04 Å². The van der Waals surface area contributed by atoms with Crippen molar-refractivity contribution in [1.82, 2.24) is 15.6 Å². The lowest BCUT2D eigenvalue weighted by Crippen LogP contribution is -2.57. The topological polar surface area (TPSA) is 87.5 Å². The first kappa shape index (κ1) is 13.5. The summed E-state index contributed by atoms with van der Waals surface area (Å²) < 4.78 is 0. The van der Waals surface area contributed by atoms with Gasteiger partial charge in [0.1, 0.15) is 6.04 Å². The lowest BCUT2D eigenvalue weighted by molar-refractivity contribution is -0.135. The van der Waals surface area contributed by atoms with Crippen molar-refractivity contribution in [3.63, 3.8) is 0 Å². The Balaban J connectivity index is 2.33. The van der Waals surface area contributed by atoms with Gasteiger partial charge in [-0.2, -0.15) is 0 Å². The van der Waals surface area contributed by atoms with Crippen molar-refractivity contribution in [3.05, 3.63) is 35.9 Å². The van der Waals surface area contributed by atoms with Crippen LogP contribution in [0.3, 0.4) is 0 Å². The molecule has 1 aromatic carbocycles. The van der Waals surface area contributed by atoms with Crippen LogP contribution in [0.2, 0.25) is 0 Å². The molecule has 0 saturated carbocycles. The van der Waals surface area contributed by atoms with Crippen molar-refractivity contribution in [2.75, 3.05) is 13.1 Å². The molecule has 6 nitrogen and oxygen atoms in total. The van der Waals surface area contributed by atoms with Crippen molar-refractivity contribution in [3.8, 4) is 0 Å². The van der Waals surface area contributed by atoms with Crippen LogP contribution in [0.15, 0.2) is 30.3 Å². The highest BCUT2D eigenvalue weighted by Crippen LogP contribution is 2.24. The van der Waals surface area contributed by atoms with Crippen LogP contribution in [0, 0.1) is 0 Å². The van der Waals surface area contributed by atoms with E-state index in [0.717, 1.165) is 5.56 Å². The van der Waals surface area contributed by atoms with E-state index in [-0.39, 0.29) is 17.9 Å². The van der Waals surface area contributed by atoms with Gasteiger partial charge in [0.15, 0.2) is 0 Å². The van der Waals surface area contributed by atoms with E-state index in [1.807, 2.05) is 35.2 Å². The van der Waals surface area contributed by atoms with Crippen LogP contribution in [0.25, 0.3) is 0 Å². The second-order valence-electron chi connectivity index (χ2n) is 4.53. The van der Waals surface area contributed by atoms with Gasteiger partial charge in [-0.25, -0.2) is 5.84 Å². The number of hydrogen-bond donors (Lipinski definition) is 3. The smallest absolute Gasteiger partial charge is 0.255 e. The Bertz CT molecular complexity index is 463. The lowest BCUT2D eigenvalue weighted by atomic mass is 10.0. The number of hydrazine groups is 1. The molecule has 1 aromatic rings. The first-order valence-corrected chi connectivity index (χ1v) is 6.24.